The Labute approximate surface area is 171 Å². The average molecular weight is 396 g/mol. The third kappa shape index (κ3) is 3.50. The molecule has 0 aliphatic carbocycles. The molecule has 0 N–H and O–H groups in total. The smallest absolute Gasteiger partial charge is 0.336 e. The van der Waals surface area contributed by atoms with Crippen LogP contribution in [0.3, 0.4) is 0 Å². The van der Waals surface area contributed by atoms with E-state index in [1.165, 1.54) is 13.2 Å². The summed E-state index contributed by atoms with van der Waals surface area (Å²) in [6.07, 6.45) is 6.42. The van der Waals surface area contributed by atoms with E-state index in [-0.39, 0.29) is 22.8 Å². The van der Waals surface area contributed by atoms with Gasteiger partial charge < -0.3 is 13.9 Å². The first-order valence-electron chi connectivity index (χ1n) is 9.92. The van der Waals surface area contributed by atoms with E-state index in [4.69, 9.17) is 13.9 Å². The highest BCUT2D eigenvalue weighted by atomic mass is 16.5. The van der Waals surface area contributed by atoms with Crippen LogP contribution in [0.5, 0.6) is 11.5 Å². The third-order valence-corrected chi connectivity index (χ3v) is 5.54. The second kappa shape index (κ2) is 7.54. The van der Waals surface area contributed by atoms with E-state index in [0.29, 0.717) is 28.0 Å². The van der Waals surface area contributed by atoms with Crippen LogP contribution in [0, 0.1) is 0 Å². The van der Waals surface area contributed by atoms with Crippen molar-refractivity contribution in [2.75, 3.05) is 7.11 Å². The van der Waals surface area contributed by atoms with Crippen molar-refractivity contribution in [3.05, 3.63) is 50.9 Å². The number of ether oxygens (including phenoxy) is 2. The van der Waals surface area contributed by atoms with Crippen molar-refractivity contribution in [2.24, 2.45) is 0 Å². The second-order valence-corrected chi connectivity index (χ2v) is 8.02. The van der Waals surface area contributed by atoms with Crippen molar-refractivity contribution in [1.29, 1.82) is 0 Å². The Hall–Kier alpha value is -2.82. The molecule has 0 saturated carbocycles. The summed E-state index contributed by atoms with van der Waals surface area (Å²) >= 11 is 0. The Morgan fingerprint density at radius 1 is 1.34 bits per heavy atom. The Morgan fingerprint density at radius 3 is 2.62 bits per heavy atom. The summed E-state index contributed by atoms with van der Waals surface area (Å²) in [6, 6.07) is 1.51. The number of carbonyl (C=O) groups is 1. The summed E-state index contributed by atoms with van der Waals surface area (Å²) in [6.45, 7) is 11.5. The van der Waals surface area contributed by atoms with Gasteiger partial charge in [0.15, 0.2) is 11.4 Å². The molecule has 2 aromatic rings. The van der Waals surface area contributed by atoms with Crippen molar-refractivity contribution < 1.29 is 18.7 Å². The SMILES string of the molecule is CC=C(C)C(=O)c1c(OC)c2c(c3c([C@H](C)CC)cc(=O)oc13)OC(C)(C)C=C2. The number of hydrogen-bond donors (Lipinski definition) is 0. The highest BCUT2D eigenvalue weighted by molar-refractivity contribution is 6.19. The van der Waals surface area contributed by atoms with Crippen LogP contribution < -0.4 is 15.1 Å². The number of hydrogen-bond acceptors (Lipinski definition) is 5. The minimum atomic E-state index is -0.543. The molecule has 1 aromatic carbocycles. The normalized spacial score (nSPS) is 16.3. The van der Waals surface area contributed by atoms with Crippen LogP contribution in [0.15, 0.2) is 33.0 Å². The Morgan fingerprint density at radius 2 is 2.03 bits per heavy atom. The Kier molecular flexibility index (Phi) is 5.44. The van der Waals surface area contributed by atoms with E-state index < -0.39 is 11.2 Å². The molecule has 154 valence electrons. The van der Waals surface area contributed by atoms with Crippen LogP contribution in [-0.2, 0) is 0 Å². The Balaban J connectivity index is 2.60. The van der Waals surface area contributed by atoms with Gasteiger partial charge in [-0.3, -0.25) is 4.79 Å². The molecule has 0 saturated heterocycles. The number of fused-ring (bicyclic) bond motifs is 3. The molecule has 3 rings (SSSR count). The topological polar surface area (TPSA) is 65.7 Å². The van der Waals surface area contributed by atoms with Crippen molar-refractivity contribution in [3.8, 4) is 11.5 Å². The Bertz CT molecular complexity index is 1100. The fraction of sp³-hybridized carbons (Fsp3) is 0.417. The molecule has 0 amide bonds. The fourth-order valence-corrected chi connectivity index (χ4v) is 3.59. The van der Waals surface area contributed by atoms with Gasteiger partial charge in [-0.05, 0) is 63.3 Å². The molecule has 0 spiro atoms. The highest BCUT2D eigenvalue weighted by Gasteiger charge is 2.33. The number of ketones is 1. The van der Waals surface area contributed by atoms with Gasteiger partial charge in [0.25, 0.3) is 0 Å². The van der Waals surface area contributed by atoms with Crippen LogP contribution in [0.1, 0.15) is 75.4 Å². The van der Waals surface area contributed by atoms with Gasteiger partial charge in [-0.15, -0.1) is 0 Å². The average Bonchev–Trinajstić information content (AvgIpc) is 2.69. The summed E-state index contributed by atoms with van der Waals surface area (Å²) in [5, 5.41) is 0.666. The van der Waals surface area contributed by atoms with Gasteiger partial charge in [0, 0.05) is 6.07 Å². The molecule has 0 radical (unpaired) electrons. The lowest BCUT2D eigenvalue weighted by Gasteiger charge is -2.31. The van der Waals surface area contributed by atoms with Gasteiger partial charge in [-0.1, -0.05) is 19.9 Å². The van der Waals surface area contributed by atoms with Crippen LogP contribution in [0.25, 0.3) is 17.0 Å². The predicted molar refractivity (Wildman–Crippen MR) is 115 cm³/mol. The molecule has 0 unspecified atom stereocenters. The van der Waals surface area contributed by atoms with E-state index in [1.807, 2.05) is 32.9 Å². The van der Waals surface area contributed by atoms with E-state index in [2.05, 4.69) is 6.92 Å². The molecular weight excluding hydrogens is 368 g/mol. The molecule has 0 bridgehead atoms. The summed E-state index contributed by atoms with van der Waals surface area (Å²) < 4.78 is 17.6. The molecular formula is C24H28O5. The first-order chi connectivity index (χ1) is 13.6. The highest BCUT2D eigenvalue weighted by Crippen LogP contribution is 2.48. The monoisotopic (exact) mass is 396 g/mol. The maximum absolute atomic E-state index is 13.3. The van der Waals surface area contributed by atoms with Crippen LogP contribution in [0.2, 0.25) is 0 Å². The van der Waals surface area contributed by atoms with E-state index in [9.17, 15) is 9.59 Å². The zero-order valence-electron chi connectivity index (χ0n) is 18.1. The summed E-state index contributed by atoms with van der Waals surface area (Å²) in [5.41, 5.74) is 1.49. The molecule has 5 heteroatoms. The summed E-state index contributed by atoms with van der Waals surface area (Å²) in [5.74, 6) is 0.787. The first-order valence-corrected chi connectivity index (χ1v) is 9.92. The molecule has 2 heterocycles. The van der Waals surface area contributed by atoms with E-state index in [1.54, 1.807) is 19.9 Å². The minimum Gasteiger partial charge on any atom is -0.495 e. The van der Waals surface area contributed by atoms with Gasteiger partial charge >= 0.3 is 5.63 Å². The van der Waals surface area contributed by atoms with Crippen LogP contribution in [-0.4, -0.2) is 18.5 Å². The zero-order valence-corrected chi connectivity index (χ0v) is 18.1. The molecule has 29 heavy (non-hydrogen) atoms. The largest absolute Gasteiger partial charge is 0.495 e. The number of carbonyl (C=O) groups excluding carboxylic acids is 1. The van der Waals surface area contributed by atoms with Crippen LogP contribution in [0.4, 0.5) is 0 Å². The number of Topliss-reactive ketones (excluding diaryl/α,β-unsaturated/α-hetero) is 1. The summed E-state index contributed by atoms with van der Waals surface area (Å²) in [7, 11) is 1.51. The number of allylic oxidation sites excluding steroid dienone is 2. The first kappa shape index (κ1) is 20.9. The molecule has 1 aromatic heterocycles. The predicted octanol–water partition coefficient (Wildman–Crippen LogP) is 5.65. The van der Waals surface area contributed by atoms with Gasteiger partial charge in [0.05, 0.1) is 18.1 Å². The lowest BCUT2D eigenvalue weighted by molar-refractivity contribution is 0.103. The van der Waals surface area contributed by atoms with Gasteiger partial charge in [-0.25, -0.2) is 4.79 Å². The van der Waals surface area contributed by atoms with Gasteiger partial charge in [0.1, 0.15) is 22.7 Å². The molecule has 1 aliphatic heterocycles. The van der Waals surface area contributed by atoms with Gasteiger partial charge in [0.2, 0.25) is 0 Å². The lowest BCUT2D eigenvalue weighted by Crippen LogP contribution is -2.28. The second-order valence-electron chi connectivity index (χ2n) is 8.02. The molecule has 1 aliphatic rings. The van der Waals surface area contributed by atoms with Crippen molar-refractivity contribution >= 4 is 22.8 Å². The zero-order chi connectivity index (χ0) is 21.5. The van der Waals surface area contributed by atoms with Crippen molar-refractivity contribution in [1.82, 2.24) is 0 Å². The standard InChI is InChI=1S/C24H28O5/c1-8-13(3)16-12-17(25)28-23-18(16)22-15(10-11-24(5,6)29-22)21(27-7)19(23)20(26)14(4)9-2/h9-13H,8H2,1-7H3/t13-/m1/s1. The lowest BCUT2D eigenvalue weighted by atomic mass is 9.88. The van der Waals surface area contributed by atoms with E-state index in [0.717, 1.165) is 12.0 Å². The van der Waals surface area contributed by atoms with Crippen LogP contribution >= 0.6 is 0 Å². The molecule has 5 nitrogen and oxygen atoms in total. The quantitative estimate of drug-likeness (QED) is 0.371. The van der Waals surface area contributed by atoms with Gasteiger partial charge in [-0.2, -0.15) is 0 Å². The molecule has 1 atom stereocenters. The number of rotatable bonds is 5. The maximum atomic E-state index is 13.3. The van der Waals surface area contributed by atoms with Crippen molar-refractivity contribution in [3.63, 3.8) is 0 Å². The van der Waals surface area contributed by atoms with Crippen molar-refractivity contribution in [2.45, 2.75) is 59.5 Å². The molecule has 0 fully saturated rings. The fourth-order valence-electron chi connectivity index (χ4n) is 3.59. The third-order valence-electron chi connectivity index (χ3n) is 5.54. The summed E-state index contributed by atoms with van der Waals surface area (Å²) in [4.78, 5) is 25.7. The maximum Gasteiger partial charge on any atom is 0.336 e. The number of methoxy groups -OCH3 is 1. The number of benzene rings is 1. The minimum absolute atomic E-state index is 0.0856. The van der Waals surface area contributed by atoms with E-state index >= 15 is 0 Å².